The second kappa shape index (κ2) is 7.78. The molecule has 0 atom stereocenters. The Morgan fingerprint density at radius 2 is 1.90 bits per heavy atom. The highest BCUT2D eigenvalue weighted by molar-refractivity contribution is 6.34. The van der Waals surface area contributed by atoms with Crippen LogP contribution in [0.4, 0.5) is 5.82 Å². The van der Waals surface area contributed by atoms with Crippen LogP contribution in [-0.2, 0) is 0 Å². The number of halogens is 1. The van der Waals surface area contributed by atoms with E-state index in [1.807, 2.05) is 42.6 Å². The van der Waals surface area contributed by atoms with Gasteiger partial charge in [0.25, 0.3) is 0 Å². The summed E-state index contributed by atoms with van der Waals surface area (Å²) in [5.74, 6) is 0.735. The van der Waals surface area contributed by atoms with E-state index in [0.717, 1.165) is 50.0 Å². The van der Waals surface area contributed by atoms with Gasteiger partial charge in [-0.25, -0.2) is 4.98 Å². The van der Waals surface area contributed by atoms with Crippen molar-refractivity contribution in [2.75, 3.05) is 18.5 Å². The number of anilines is 1. The number of aromatic amines is 1. The monoisotopic (exact) mass is 414 g/mol. The van der Waals surface area contributed by atoms with Crippen molar-refractivity contribution >= 4 is 39.2 Å². The molecule has 0 aliphatic rings. The van der Waals surface area contributed by atoms with E-state index in [0.29, 0.717) is 11.6 Å². The molecule has 6 heteroatoms. The Morgan fingerprint density at radius 1 is 0.967 bits per heavy atom. The zero-order valence-electron chi connectivity index (χ0n) is 16.1. The molecule has 0 aliphatic heterocycles. The molecule has 0 bridgehead atoms. The fraction of sp³-hybridized carbons (Fsp3) is 0.0833. The third kappa shape index (κ3) is 3.38. The molecule has 0 fully saturated rings. The lowest BCUT2D eigenvalue weighted by Crippen LogP contribution is -2.06. The van der Waals surface area contributed by atoms with Gasteiger partial charge in [0.1, 0.15) is 5.82 Å². The molecule has 0 unspecified atom stereocenters. The van der Waals surface area contributed by atoms with Crippen LogP contribution < -0.4 is 5.32 Å². The van der Waals surface area contributed by atoms with Gasteiger partial charge < -0.3 is 15.4 Å². The molecule has 5 nitrogen and oxygen atoms in total. The molecule has 0 aliphatic carbocycles. The van der Waals surface area contributed by atoms with Gasteiger partial charge in [0.05, 0.1) is 17.1 Å². The predicted octanol–water partition coefficient (Wildman–Crippen LogP) is 5.50. The number of hydrogen-bond donors (Lipinski definition) is 3. The number of aromatic nitrogens is 3. The first-order chi connectivity index (χ1) is 14.7. The number of rotatable bonds is 5. The molecule has 3 N–H and O–H groups in total. The standard InChI is InChI=1S/C24H19ClN4O/c25-20-13-23-16(11-19(20)17-3-1-5-21-18(17)4-2-8-26-21)12-22(29-23)15-6-7-24(28-14-15)27-9-10-30/h1-8,11-14,29-30H,9-10H2,(H,27,28). The lowest BCUT2D eigenvalue weighted by molar-refractivity contribution is 0.311. The van der Waals surface area contributed by atoms with Crippen LogP contribution in [0.3, 0.4) is 0 Å². The lowest BCUT2D eigenvalue weighted by Gasteiger charge is -2.08. The first-order valence-corrected chi connectivity index (χ1v) is 10.1. The highest BCUT2D eigenvalue weighted by Crippen LogP contribution is 2.37. The molecule has 30 heavy (non-hydrogen) atoms. The molecule has 148 valence electrons. The molecule has 0 saturated heterocycles. The number of aliphatic hydroxyl groups excluding tert-OH is 1. The molecule has 0 saturated carbocycles. The number of nitrogens with one attached hydrogen (secondary N) is 2. The van der Waals surface area contributed by atoms with Gasteiger partial charge in [0.2, 0.25) is 0 Å². The van der Waals surface area contributed by atoms with Gasteiger partial charge in [0, 0.05) is 52.0 Å². The minimum atomic E-state index is 0.0707. The number of fused-ring (bicyclic) bond motifs is 2. The largest absolute Gasteiger partial charge is 0.395 e. The summed E-state index contributed by atoms with van der Waals surface area (Å²) in [5.41, 5.74) is 5.92. The second-order valence-corrected chi connectivity index (χ2v) is 7.47. The Labute approximate surface area is 178 Å². The van der Waals surface area contributed by atoms with Crippen molar-refractivity contribution in [3.8, 4) is 22.4 Å². The predicted molar refractivity (Wildman–Crippen MR) is 123 cm³/mol. The van der Waals surface area contributed by atoms with E-state index in [1.165, 1.54) is 0 Å². The van der Waals surface area contributed by atoms with E-state index in [4.69, 9.17) is 16.7 Å². The highest BCUT2D eigenvalue weighted by Gasteiger charge is 2.12. The van der Waals surface area contributed by atoms with Crippen molar-refractivity contribution in [1.29, 1.82) is 0 Å². The zero-order chi connectivity index (χ0) is 20.5. The summed E-state index contributed by atoms with van der Waals surface area (Å²) in [4.78, 5) is 12.3. The Kier molecular flexibility index (Phi) is 4.83. The van der Waals surface area contributed by atoms with Gasteiger partial charge >= 0.3 is 0 Å². The fourth-order valence-electron chi connectivity index (χ4n) is 3.70. The molecule has 0 radical (unpaired) electrons. The van der Waals surface area contributed by atoms with Crippen molar-refractivity contribution in [2.24, 2.45) is 0 Å². The smallest absolute Gasteiger partial charge is 0.125 e. The van der Waals surface area contributed by atoms with E-state index in [2.05, 4.69) is 44.5 Å². The summed E-state index contributed by atoms with van der Waals surface area (Å²) in [6, 6.07) is 20.2. The van der Waals surface area contributed by atoms with Gasteiger partial charge in [0.15, 0.2) is 0 Å². The summed E-state index contributed by atoms with van der Waals surface area (Å²) in [6.45, 7) is 0.547. The van der Waals surface area contributed by atoms with Gasteiger partial charge in [-0.05, 0) is 48.0 Å². The number of hydrogen-bond acceptors (Lipinski definition) is 4. The van der Waals surface area contributed by atoms with Crippen LogP contribution in [0.2, 0.25) is 5.02 Å². The molecule has 0 amide bonds. The average Bonchev–Trinajstić information content (AvgIpc) is 3.20. The van der Waals surface area contributed by atoms with Crippen LogP contribution in [0.25, 0.3) is 44.2 Å². The van der Waals surface area contributed by atoms with Crippen molar-refractivity contribution < 1.29 is 5.11 Å². The average molecular weight is 415 g/mol. The summed E-state index contributed by atoms with van der Waals surface area (Å²) >= 11 is 6.68. The van der Waals surface area contributed by atoms with Crippen LogP contribution in [0.15, 0.2) is 73.1 Å². The number of H-pyrrole nitrogens is 1. The third-order valence-corrected chi connectivity index (χ3v) is 5.45. The number of benzene rings is 2. The topological polar surface area (TPSA) is 73.8 Å². The van der Waals surface area contributed by atoms with Crippen LogP contribution in [0.5, 0.6) is 0 Å². The van der Waals surface area contributed by atoms with E-state index < -0.39 is 0 Å². The third-order valence-electron chi connectivity index (χ3n) is 5.14. The van der Waals surface area contributed by atoms with E-state index >= 15 is 0 Å². The molecule has 2 aromatic carbocycles. The van der Waals surface area contributed by atoms with Crippen molar-refractivity contribution in [2.45, 2.75) is 0 Å². The molecule has 3 aromatic heterocycles. The maximum atomic E-state index is 8.92. The summed E-state index contributed by atoms with van der Waals surface area (Å²) in [6.07, 6.45) is 3.61. The highest BCUT2D eigenvalue weighted by atomic mass is 35.5. The maximum Gasteiger partial charge on any atom is 0.125 e. The molecule has 5 rings (SSSR count). The number of aliphatic hydroxyl groups is 1. The van der Waals surface area contributed by atoms with Gasteiger partial charge in [-0.2, -0.15) is 0 Å². The Morgan fingerprint density at radius 3 is 2.73 bits per heavy atom. The van der Waals surface area contributed by atoms with E-state index in [1.54, 1.807) is 6.20 Å². The van der Waals surface area contributed by atoms with Crippen LogP contribution >= 0.6 is 11.6 Å². The van der Waals surface area contributed by atoms with Gasteiger partial charge in [-0.15, -0.1) is 0 Å². The summed E-state index contributed by atoms with van der Waals surface area (Å²) in [5, 5.41) is 14.8. The quantitative estimate of drug-likeness (QED) is 0.355. The Balaban J connectivity index is 1.56. The zero-order valence-corrected chi connectivity index (χ0v) is 16.8. The lowest BCUT2D eigenvalue weighted by atomic mass is 9.99. The van der Waals surface area contributed by atoms with Crippen LogP contribution in [0.1, 0.15) is 0 Å². The maximum absolute atomic E-state index is 8.92. The normalized spacial score (nSPS) is 11.3. The summed E-state index contributed by atoms with van der Waals surface area (Å²) < 4.78 is 0. The molecular formula is C24H19ClN4O. The van der Waals surface area contributed by atoms with E-state index in [-0.39, 0.29) is 6.61 Å². The van der Waals surface area contributed by atoms with Crippen molar-refractivity contribution in [3.05, 3.63) is 78.1 Å². The molecule has 0 spiro atoms. The Hall–Kier alpha value is -3.41. The summed E-state index contributed by atoms with van der Waals surface area (Å²) in [7, 11) is 0. The van der Waals surface area contributed by atoms with Gasteiger partial charge in [-0.3, -0.25) is 4.98 Å². The fourth-order valence-corrected chi connectivity index (χ4v) is 3.96. The number of nitrogens with zero attached hydrogens (tertiary/aromatic N) is 2. The molecule has 5 aromatic rings. The van der Waals surface area contributed by atoms with Crippen molar-refractivity contribution in [3.63, 3.8) is 0 Å². The first kappa shape index (κ1) is 18.6. The molecule has 3 heterocycles. The Bertz CT molecular complexity index is 1340. The second-order valence-electron chi connectivity index (χ2n) is 7.06. The first-order valence-electron chi connectivity index (χ1n) is 9.70. The number of pyridine rings is 2. The van der Waals surface area contributed by atoms with Crippen molar-refractivity contribution in [1.82, 2.24) is 15.0 Å². The van der Waals surface area contributed by atoms with Crippen LogP contribution in [-0.4, -0.2) is 33.2 Å². The minimum Gasteiger partial charge on any atom is -0.395 e. The van der Waals surface area contributed by atoms with Gasteiger partial charge in [-0.1, -0.05) is 29.8 Å². The molecular weight excluding hydrogens is 396 g/mol. The van der Waals surface area contributed by atoms with E-state index in [9.17, 15) is 0 Å². The minimum absolute atomic E-state index is 0.0707. The SMILES string of the molecule is OCCNc1ccc(-c2cc3cc(-c4cccc5ncccc45)c(Cl)cc3[nH]2)cn1. The van der Waals surface area contributed by atoms with Crippen LogP contribution in [0, 0.1) is 0 Å².